The lowest BCUT2D eigenvalue weighted by Crippen LogP contribution is -2.42. The van der Waals surface area contributed by atoms with Gasteiger partial charge in [0.05, 0.1) is 6.61 Å². The molecule has 0 saturated carbocycles. The van der Waals surface area contributed by atoms with E-state index in [1.54, 1.807) is 28.3 Å². The van der Waals surface area contributed by atoms with E-state index in [0.717, 1.165) is 17.1 Å². The molecule has 0 aromatic heterocycles. The standard InChI is InChI=1S/C10H20O5Si.C2H8OSi/c1-9(2)10(11)15-7-6-8-16(12-3,13-4)14-5;1-2-3-4/h1,6-8H2,2-5H3;2H2,1,4H3. The van der Waals surface area contributed by atoms with Crippen molar-refractivity contribution in [2.45, 2.75) is 26.3 Å². The van der Waals surface area contributed by atoms with Crippen LogP contribution in [0, 0.1) is 0 Å². The molecule has 0 aliphatic heterocycles. The number of esters is 1. The van der Waals surface area contributed by atoms with Crippen molar-refractivity contribution < 1.29 is 27.2 Å². The van der Waals surface area contributed by atoms with Crippen molar-refractivity contribution in [2.24, 2.45) is 0 Å². The molecule has 0 spiro atoms. The Bertz CT molecular complexity index is 258. The van der Waals surface area contributed by atoms with Gasteiger partial charge in [0, 0.05) is 39.6 Å². The lowest BCUT2D eigenvalue weighted by molar-refractivity contribution is -0.139. The van der Waals surface area contributed by atoms with E-state index in [1.807, 2.05) is 6.92 Å². The fraction of sp³-hybridized carbons (Fsp3) is 0.750. The van der Waals surface area contributed by atoms with E-state index in [2.05, 4.69) is 11.0 Å². The third-order valence-corrected chi connectivity index (χ3v) is 5.84. The van der Waals surface area contributed by atoms with E-state index in [4.69, 9.17) is 18.0 Å². The average molecular weight is 325 g/mol. The van der Waals surface area contributed by atoms with Crippen LogP contribution in [0.1, 0.15) is 20.3 Å². The first-order valence-corrected chi connectivity index (χ1v) is 9.14. The minimum absolute atomic E-state index is 0.316. The summed E-state index contributed by atoms with van der Waals surface area (Å²) in [6.07, 6.45) is 0.640. The van der Waals surface area contributed by atoms with Crippen LogP contribution in [0.25, 0.3) is 0 Å². The largest absolute Gasteiger partial charge is 0.500 e. The van der Waals surface area contributed by atoms with Crippen molar-refractivity contribution in [3.8, 4) is 0 Å². The Balaban J connectivity index is 0. The first-order chi connectivity index (χ1) is 9.42. The molecular weight excluding hydrogens is 296 g/mol. The Morgan fingerprint density at radius 2 is 1.65 bits per heavy atom. The van der Waals surface area contributed by atoms with Gasteiger partial charge in [-0.15, -0.1) is 0 Å². The van der Waals surface area contributed by atoms with Crippen molar-refractivity contribution >= 4 is 25.3 Å². The minimum atomic E-state index is -2.53. The second-order valence-electron chi connectivity index (χ2n) is 3.89. The molecule has 0 aliphatic carbocycles. The topological polar surface area (TPSA) is 63.2 Å². The molecule has 0 aromatic carbocycles. The molecule has 0 saturated heterocycles. The number of carbonyl (C=O) groups is 1. The molecular formula is C12H28O6Si2. The summed E-state index contributed by atoms with van der Waals surface area (Å²) in [5.74, 6) is -0.375. The Morgan fingerprint density at radius 1 is 1.20 bits per heavy atom. The Morgan fingerprint density at radius 3 is 1.95 bits per heavy atom. The summed E-state index contributed by atoms with van der Waals surface area (Å²) in [6.45, 7) is 8.29. The van der Waals surface area contributed by atoms with Crippen molar-refractivity contribution in [3.05, 3.63) is 12.2 Å². The molecule has 0 aromatic rings. The molecule has 0 aliphatic rings. The van der Waals surface area contributed by atoms with Crippen LogP contribution in [-0.2, 0) is 27.2 Å². The van der Waals surface area contributed by atoms with E-state index in [9.17, 15) is 4.79 Å². The van der Waals surface area contributed by atoms with Crippen LogP contribution in [-0.4, -0.2) is 59.8 Å². The van der Waals surface area contributed by atoms with Gasteiger partial charge in [0.15, 0.2) is 0 Å². The maximum Gasteiger partial charge on any atom is 0.500 e. The van der Waals surface area contributed by atoms with Gasteiger partial charge < -0.3 is 22.4 Å². The van der Waals surface area contributed by atoms with Gasteiger partial charge in [-0.05, 0) is 20.3 Å². The van der Waals surface area contributed by atoms with E-state index < -0.39 is 8.80 Å². The number of hydrogen-bond acceptors (Lipinski definition) is 6. The number of rotatable bonds is 9. The van der Waals surface area contributed by atoms with Crippen LogP contribution in [0.5, 0.6) is 0 Å². The number of hydrogen-bond donors (Lipinski definition) is 0. The van der Waals surface area contributed by atoms with E-state index in [1.165, 1.54) is 0 Å². The van der Waals surface area contributed by atoms with Gasteiger partial charge in [0.2, 0.25) is 0 Å². The fourth-order valence-corrected chi connectivity index (χ4v) is 2.82. The smallest absolute Gasteiger partial charge is 0.462 e. The van der Waals surface area contributed by atoms with Crippen LogP contribution < -0.4 is 0 Å². The highest BCUT2D eigenvalue weighted by molar-refractivity contribution is 6.60. The highest BCUT2D eigenvalue weighted by Crippen LogP contribution is 2.14. The van der Waals surface area contributed by atoms with Gasteiger partial charge in [0.1, 0.15) is 10.5 Å². The molecule has 6 nitrogen and oxygen atoms in total. The molecule has 0 radical (unpaired) electrons. The van der Waals surface area contributed by atoms with Gasteiger partial charge in [-0.25, -0.2) is 4.79 Å². The third kappa shape index (κ3) is 10.3. The molecule has 0 unspecified atom stereocenters. The molecule has 8 heteroatoms. The summed E-state index contributed by atoms with van der Waals surface area (Å²) in [6, 6.07) is 0.611. The summed E-state index contributed by atoms with van der Waals surface area (Å²) < 4.78 is 25.3. The van der Waals surface area contributed by atoms with E-state index >= 15 is 0 Å². The monoisotopic (exact) mass is 324 g/mol. The van der Waals surface area contributed by atoms with Crippen molar-refractivity contribution in [2.75, 3.05) is 34.5 Å². The summed E-state index contributed by atoms with van der Waals surface area (Å²) >= 11 is 0. The van der Waals surface area contributed by atoms with Crippen LogP contribution in [0.2, 0.25) is 6.04 Å². The van der Waals surface area contributed by atoms with Crippen LogP contribution in [0.4, 0.5) is 0 Å². The molecule has 0 atom stereocenters. The van der Waals surface area contributed by atoms with Crippen LogP contribution in [0.15, 0.2) is 12.2 Å². The molecule has 0 fully saturated rings. The SMILES string of the molecule is C=C(C)C(=O)OCCC[Si](OC)(OC)OC.CCO[SiH3]. The molecule has 20 heavy (non-hydrogen) atoms. The Labute approximate surface area is 126 Å². The highest BCUT2D eigenvalue weighted by Gasteiger charge is 2.36. The zero-order valence-corrected chi connectivity index (χ0v) is 16.5. The lowest BCUT2D eigenvalue weighted by Gasteiger charge is -2.24. The molecule has 0 heterocycles. The van der Waals surface area contributed by atoms with Crippen molar-refractivity contribution in [1.29, 1.82) is 0 Å². The van der Waals surface area contributed by atoms with Gasteiger partial charge in [-0.3, -0.25) is 0 Å². The summed E-state index contributed by atoms with van der Waals surface area (Å²) in [4.78, 5) is 11.1. The summed E-state index contributed by atoms with van der Waals surface area (Å²) in [5.41, 5.74) is 0.397. The maximum absolute atomic E-state index is 11.1. The third-order valence-electron chi connectivity index (χ3n) is 2.43. The number of ether oxygens (including phenoxy) is 1. The molecule has 120 valence electrons. The van der Waals surface area contributed by atoms with E-state index in [0.29, 0.717) is 24.6 Å². The van der Waals surface area contributed by atoms with Gasteiger partial charge in [-0.1, -0.05) is 6.58 Å². The second-order valence-corrected chi connectivity index (χ2v) is 7.56. The zero-order valence-electron chi connectivity index (χ0n) is 13.5. The molecule has 0 N–H and O–H groups in total. The van der Waals surface area contributed by atoms with Gasteiger partial charge in [-0.2, -0.15) is 0 Å². The first-order valence-electron chi connectivity index (χ1n) is 6.40. The van der Waals surface area contributed by atoms with Crippen LogP contribution >= 0.6 is 0 Å². The maximum atomic E-state index is 11.1. The van der Waals surface area contributed by atoms with Crippen molar-refractivity contribution in [3.63, 3.8) is 0 Å². The van der Waals surface area contributed by atoms with Gasteiger partial charge >= 0.3 is 14.8 Å². The zero-order chi connectivity index (χ0) is 16.0. The molecule has 0 bridgehead atoms. The quantitative estimate of drug-likeness (QED) is 0.269. The summed E-state index contributed by atoms with van der Waals surface area (Å²) in [7, 11) is 3.02. The molecule has 0 rings (SSSR count). The lowest BCUT2D eigenvalue weighted by atomic mass is 10.4. The summed E-state index contributed by atoms with van der Waals surface area (Å²) in [5, 5.41) is 0. The van der Waals surface area contributed by atoms with Crippen LogP contribution in [0.3, 0.4) is 0 Å². The van der Waals surface area contributed by atoms with Crippen molar-refractivity contribution in [1.82, 2.24) is 0 Å². The first kappa shape index (κ1) is 21.8. The minimum Gasteiger partial charge on any atom is -0.462 e. The predicted molar refractivity (Wildman–Crippen MR) is 83.5 cm³/mol. The number of carbonyl (C=O) groups excluding carboxylic acids is 1. The fourth-order valence-electron chi connectivity index (χ4n) is 1.13. The highest BCUT2D eigenvalue weighted by atomic mass is 28.4. The molecule has 0 amide bonds. The Kier molecular flexibility index (Phi) is 14.7. The van der Waals surface area contributed by atoms with E-state index in [-0.39, 0.29) is 5.97 Å². The average Bonchev–Trinajstić information content (AvgIpc) is 2.48. The van der Waals surface area contributed by atoms with Gasteiger partial charge in [0.25, 0.3) is 0 Å². The predicted octanol–water partition coefficient (Wildman–Crippen LogP) is 0.677. The Hall–Kier alpha value is -0.516. The second kappa shape index (κ2) is 13.5. The normalized spacial score (nSPS) is 10.7.